The third kappa shape index (κ3) is 3.66. The SMILES string of the molecule is O=C(Cc1cc(=O)[nH]c(=O)[nH]1)Nc1cccc(CO)c1. The van der Waals surface area contributed by atoms with Crippen LogP contribution in [0.3, 0.4) is 0 Å². The molecule has 0 aliphatic heterocycles. The number of hydrogen-bond acceptors (Lipinski definition) is 4. The summed E-state index contributed by atoms with van der Waals surface area (Å²) in [6, 6.07) is 7.90. The van der Waals surface area contributed by atoms with E-state index in [1.807, 2.05) is 4.98 Å². The standard InChI is InChI=1S/C13H13N3O4/c17-7-8-2-1-3-9(4-8)14-11(18)5-10-6-12(19)16-13(20)15-10/h1-4,6,17H,5,7H2,(H,14,18)(H2,15,16,19,20). The molecular weight excluding hydrogens is 262 g/mol. The van der Waals surface area contributed by atoms with Crippen molar-refractivity contribution in [2.75, 3.05) is 5.32 Å². The molecule has 7 nitrogen and oxygen atoms in total. The number of aliphatic hydroxyl groups is 1. The second-order valence-electron chi connectivity index (χ2n) is 4.20. The molecule has 0 unspecified atom stereocenters. The van der Waals surface area contributed by atoms with Crippen molar-refractivity contribution in [1.82, 2.24) is 9.97 Å². The van der Waals surface area contributed by atoms with Crippen LogP contribution in [0.25, 0.3) is 0 Å². The zero-order valence-corrected chi connectivity index (χ0v) is 10.5. The molecule has 4 N–H and O–H groups in total. The van der Waals surface area contributed by atoms with Gasteiger partial charge in [-0.25, -0.2) is 4.79 Å². The number of amides is 1. The van der Waals surface area contributed by atoms with Crippen LogP contribution in [0, 0.1) is 0 Å². The zero-order chi connectivity index (χ0) is 14.5. The third-order valence-corrected chi connectivity index (χ3v) is 2.56. The Balaban J connectivity index is 2.08. The van der Waals surface area contributed by atoms with Crippen molar-refractivity contribution >= 4 is 11.6 Å². The molecule has 1 amide bonds. The molecule has 0 fully saturated rings. The summed E-state index contributed by atoms with van der Waals surface area (Å²) in [6.07, 6.45) is -0.123. The fraction of sp³-hybridized carbons (Fsp3) is 0.154. The van der Waals surface area contributed by atoms with Gasteiger partial charge in [-0.1, -0.05) is 12.1 Å². The summed E-state index contributed by atoms with van der Waals surface area (Å²) in [6.45, 7) is -0.120. The molecule has 2 aromatic rings. The van der Waals surface area contributed by atoms with Gasteiger partial charge in [-0.2, -0.15) is 0 Å². The van der Waals surface area contributed by atoms with Crippen molar-refractivity contribution in [2.45, 2.75) is 13.0 Å². The maximum atomic E-state index is 11.8. The molecule has 0 aliphatic carbocycles. The van der Waals surface area contributed by atoms with Crippen LogP contribution in [-0.2, 0) is 17.8 Å². The van der Waals surface area contributed by atoms with E-state index in [9.17, 15) is 14.4 Å². The van der Waals surface area contributed by atoms with E-state index in [4.69, 9.17) is 5.11 Å². The molecule has 0 aliphatic rings. The molecule has 2 rings (SSSR count). The predicted octanol–water partition coefficient (Wildman–Crippen LogP) is -0.263. The van der Waals surface area contributed by atoms with Gasteiger partial charge in [0.2, 0.25) is 5.91 Å². The third-order valence-electron chi connectivity index (χ3n) is 2.56. The molecule has 20 heavy (non-hydrogen) atoms. The normalized spacial score (nSPS) is 10.2. The van der Waals surface area contributed by atoms with E-state index in [-0.39, 0.29) is 24.6 Å². The van der Waals surface area contributed by atoms with Crippen LogP contribution in [0.5, 0.6) is 0 Å². The number of anilines is 1. The Morgan fingerprint density at radius 1 is 1.20 bits per heavy atom. The topological polar surface area (TPSA) is 115 Å². The Morgan fingerprint density at radius 2 is 2.00 bits per heavy atom. The van der Waals surface area contributed by atoms with Crippen LogP contribution in [-0.4, -0.2) is 21.0 Å². The van der Waals surface area contributed by atoms with E-state index in [0.29, 0.717) is 11.3 Å². The summed E-state index contributed by atoms with van der Waals surface area (Å²) in [5.74, 6) is -0.374. The first-order valence-electron chi connectivity index (χ1n) is 5.89. The van der Waals surface area contributed by atoms with Crippen LogP contribution >= 0.6 is 0 Å². The van der Waals surface area contributed by atoms with Gasteiger partial charge in [-0.3, -0.25) is 14.6 Å². The summed E-state index contributed by atoms with van der Waals surface area (Å²) in [7, 11) is 0. The average molecular weight is 275 g/mol. The summed E-state index contributed by atoms with van der Waals surface area (Å²) in [5, 5.41) is 11.6. The smallest absolute Gasteiger partial charge is 0.325 e. The van der Waals surface area contributed by atoms with E-state index in [0.717, 1.165) is 6.07 Å². The number of aromatic amines is 2. The van der Waals surface area contributed by atoms with Crippen LogP contribution in [0.4, 0.5) is 5.69 Å². The zero-order valence-electron chi connectivity index (χ0n) is 10.5. The Kier molecular flexibility index (Phi) is 4.11. The van der Waals surface area contributed by atoms with Gasteiger partial charge in [0, 0.05) is 17.4 Å². The number of carbonyl (C=O) groups is 1. The fourth-order valence-electron chi connectivity index (χ4n) is 1.74. The summed E-state index contributed by atoms with van der Waals surface area (Å²) < 4.78 is 0. The molecule has 1 heterocycles. The minimum Gasteiger partial charge on any atom is -0.392 e. The molecule has 7 heteroatoms. The van der Waals surface area contributed by atoms with Crippen LogP contribution < -0.4 is 16.6 Å². The first-order valence-corrected chi connectivity index (χ1v) is 5.89. The van der Waals surface area contributed by atoms with E-state index in [2.05, 4.69) is 10.3 Å². The predicted molar refractivity (Wildman–Crippen MR) is 72.4 cm³/mol. The highest BCUT2D eigenvalue weighted by molar-refractivity contribution is 5.92. The van der Waals surface area contributed by atoms with Gasteiger partial charge >= 0.3 is 5.69 Å². The Bertz CT molecular complexity index is 704. The van der Waals surface area contributed by atoms with Crippen molar-refractivity contribution in [3.05, 3.63) is 62.4 Å². The summed E-state index contributed by atoms with van der Waals surface area (Å²) >= 11 is 0. The van der Waals surface area contributed by atoms with Gasteiger partial charge in [0.25, 0.3) is 5.56 Å². The summed E-state index contributed by atoms with van der Waals surface area (Å²) in [4.78, 5) is 38.4. The number of benzene rings is 1. The van der Waals surface area contributed by atoms with Gasteiger partial charge in [0.05, 0.1) is 13.0 Å². The van der Waals surface area contributed by atoms with Crippen molar-refractivity contribution in [3.63, 3.8) is 0 Å². The molecule has 0 saturated carbocycles. The second-order valence-corrected chi connectivity index (χ2v) is 4.20. The minimum absolute atomic E-state index is 0.120. The quantitative estimate of drug-likeness (QED) is 0.615. The Morgan fingerprint density at radius 3 is 2.70 bits per heavy atom. The lowest BCUT2D eigenvalue weighted by Gasteiger charge is -2.06. The highest BCUT2D eigenvalue weighted by atomic mass is 16.3. The monoisotopic (exact) mass is 275 g/mol. The van der Waals surface area contributed by atoms with Crippen LogP contribution in [0.15, 0.2) is 39.9 Å². The molecule has 104 valence electrons. The number of rotatable bonds is 4. The average Bonchev–Trinajstić information content (AvgIpc) is 2.37. The molecule has 0 radical (unpaired) electrons. The van der Waals surface area contributed by atoms with Crippen molar-refractivity contribution in [1.29, 1.82) is 0 Å². The lowest BCUT2D eigenvalue weighted by atomic mass is 10.2. The van der Waals surface area contributed by atoms with E-state index in [1.54, 1.807) is 24.3 Å². The Hall–Kier alpha value is -2.67. The molecule has 0 atom stereocenters. The van der Waals surface area contributed by atoms with Crippen LogP contribution in [0.1, 0.15) is 11.3 Å². The first-order chi connectivity index (χ1) is 9.56. The first kappa shape index (κ1) is 13.8. The van der Waals surface area contributed by atoms with E-state index in [1.165, 1.54) is 0 Å². The number of carbonyl (C=O) groups excluding carboxylic acids is 1. The molecular formula is C13H13N3O4. The number of H-pyrrole nitrogens is 2. The maximum Gasteiger partial charge on any atom is 0.325 e. The summed E-state index contributed by atoms with van der Waals surface area (Å²) in [5.41, 5.74) is 0.233. The van der Waals surface area contributed by atoms with Gasteiger partial charge in [-0.15, -0.1) is 0 Å². The highest BCUT2D eigenvalue weighted by Gasteiger charge is 2.06. The molecule has 0 spiro atoms. The molecule has 0 bridgehead atoms. The Labute approximate surface area is 113 Å². The maximum absolute atomic E-state index is 11.8. The van der Waals surface area contributed by atoms with Crippen molar-refractivity contribution < 1.29 is 9.90 Å². The minimum atomic E-state index is -0.650. The van der Waals surface area contributed by atoms with Gasteiger partial charge in [-0.05, 0) is 17.7 Å². The molecule has 1 aromatic carbocycles. The van der Waals surface area contributed by atoms with Gasteiger partial charge < -0.3 is 15.4 Å². The van der Waals surface area contributed by atoms with Gasteiger partial charge in [0.15, 0.2) is 0 Å². The number of aliphatic hydroxyl groups excluding tert-OH is 1. The number of nitrogens with one attached hydrogen (secondary N) is 3. The highest BCUT2D eigenvalue weighted by Crippen LogP contribution is 2.10. The fourth-order valence-corrected chi connectivity index (χ4v) is 1.74. The van der Waals surface area contributed by atoms with Crippen LogP contribution in [0.2, 0.25) is 0 Å². The second kappa shape index (κ2) is 5.98. The van der Waals surface area contributed by atoms with Crippen molar-refractivity contribution in [3.8, 4) is 0 Å². The number of hydrogen-bond donors (Lipinski definition) is 4. The van der Waals surface area contributed by atoms with Gasteiger partial charge in [0.1, 0.15) is 0 Å². The molecule has 0 saturated heterocycles. The lowest BCUT2D eigenvalue weighted by Crippen LogP contribution is -2.25. The molecule has 1 aromatic heterocycles. The van der Waals surface area contributed by atoms with E-state index >= 15 is 0 Å². The lowest BCUT2D eigenvalue weighted by molar-refractivity contribution is -0.115. The van der Waals surface area contributed by atoms with E-state index < -0.39 is 11.2 Å². The largest absolute Gasteiger partial charge is 0.392 e. The number of aromatic nitrogens is 2. The van der Waals surface area contributed by atoms with Crippen molar-refractivity contribution in [2.24, 2.45) is 0 Å².